The van der Waals surface area contributed by atoms with E-state index in [0.717, 1.165) is 45.8 Å². The highest BCUT2D eigenvalue weighted by molar-refractivity contribution is 7.80. The molecule has 32 heavy (non-hydrogen) atoms. The van der Waals surface area contributed by atoms with Gasteiger partial charge in [-0.3, -0.25) is 4.90 Å². The number of rotatable bonds is 8. The largest absolute Gasteiger partial charge is 0.381 e. The van der Waals surface area contributed by atoms with Crippen molar-refractivity contribution in [3.63, 3.8) is 0 Å². The molecule has 0 amide bonds. The first kappa shape index (κ1) is 25.2. The van der Waals surface area contributed by atoms with Gasteiger partial charge >= 0.3 is 0 Å². The number of nitrogens with one attached hydrogen (secondary N) is 1. The van der Waals surface area contributed by atoms with Crippen molar-refractivity contribution < 1.29 is 0 Å². The average Bonchev–Trinajstić information content (AvgIpc) is 2.75. The van der Waals surface area contributed by atoms with Crippen LogP contribution < -0.4 is 10.2 Å². The van der Waals surface area contributed by atoms with Crippen LogP contribution in [-0.2, 0) is 6.42 Å². The van der Waals surface area contributed by atoms with E-state index in [0.29, 0.717) is 5.11 Å². The zero-order valence-electron chi connectivity index (χ0n) is 20.2. The average molecular weight is 446 g/mol. The third-order valence-corrected chi connectivity index (χ3v) is 6.04. The van der Waals surface area contributed by atoms with Crippen LogP contribution >= 0.6 is 12.2 Å². The Bertz CT molecular complexity index is 1080. The van der Waals surface area contributed by atoms with Gasteiger partial charge in [-0.25, -0.2) is 0 Å². The van der Waals surface area contributed by atoms with Crippen LogP contribution in [0.1, 0.15) is 33.4 Å². The van der Waals surface area contributed by atoms with Crippen molar-refractivity contribution in [2.45, 2.75) is 27.2 Å². The molecule has 2 aromatic rings. The van der Waals surface area contributed by atoms with Gasteiger partial charge in [0.25, 0.3) is 0 Å². The summed E-state index contributed by atoms with van der Waals surface area (Å²) in [5, 5.41) is 3.73. The van der Waals surface area contributed by atoms with Crippen LogP contribution in [0.4, 0.5) is 5.69 Å². The molecule has 4 heteroatoms. The minimum absolute atomic E-state index is 0.593. The molecule has 0 fully saturated rings. The summed E-state index contributed by atoms with van der Waals surface area (Å²) in [4.78, 5) is 4.08. The van der Waals surface area contributed by atoms with Crippen LogP contribution in [0.5, 0.6) is 0 Å². The van der Waals surface area contributed by atoms with Crippen LogP contribution in [0.2, 0.25) is 0 Å². The first-order chi connectivity index (χ1) is 15.1. The van der Waals surface area contributed by atoms with E-state index >= 15 is 0 Å². The van der Waals surface area contributed by atoms with Crippen molar-refractivity contribution in [1.29, 1.82) is 0 Å². The molecule has 0 bridgehead atoms. The molecular weight excluding hydrogens is 410 g/mol. The van der Waals surface area contributed by atoms with Gasteiger partial charge in [-0.2, -0.15) is 0 Å². The third kappa shape index (κ3) is 5.57. The number of allylic oxidation sites excluding steroid dienone is 3. The topological polar surface area (TPSA) is 18.5 Å². The second-order valence-electron chi connectivity index (χ2n) is 8.17. The standard InChI is InChI=1S/C28H35N3S/c1-10-11-14-25-19(2)13-12-15-27(25)31(28(32)29-7)23(6)26-17-20(3)24(16-21(26)4)18-22(5)30(8)9/h10-17H,1,5-6,18H2,2-4,7-9H3,(H,29,32)/b14-11-. The van der Waals surface area contributed by atoms with Gasteiger partial charge in [-0.05, 0) is 67.4 Å². The van der Waals surface area contributed by atoms with Crippen molar-refractivity contribution in [1.82, 2.24) is 10.2 Å². The highest BCUT2D eigenvalue weighted by Gasteiger charge is 2.21. The Morgan fingerprint density at radius 1 is 1.06 bits per heavy atom. The van der Waals surface area contributed by atoms with Gasteiger partial charge in [0.2, 0.25) is 0 Å². The molecule has 0 aromatic heterocycles. The molecule has 2 aromatic carbocycles. The number of hydrogen-bond acceptors (Lipinski definition) is 2. The molecule has 168 valence electrons. The molecule has 0 saturated heterocycles. The summed E-state index contributed by atoms with van der Waals surface area (Å²) in [5.41, 5.74) is 9.84. The fourth-order valence-corrected chi connectivity index (χ4v) is 3.81. The molecule has 2 rings (SSSR count). The maximum absolute atomic E-state index is 5.73. The van der Waals surface area contributed by atoms with Crippen LogP contribution in [0, 0.1) is 20.8 Å². The summed E-state index contributed by atoms with van der Waals surface area (Å²) >= 11 is 5.73. The Hall–Kier alpha value is -3.11. The molecule has 0 aliphatic heterocycles. The molecule has 0 aliphatic rings. The number of thiocarbonyl (C=S) groups is 1. The molecule has 0 spiro atoms. The summed E-state index contributed by atoms with van der Waals surface area (Å²) < 4.78 is 0. The maximum Gasteiger partial charge on any atom is 0.177 e. The number of aryl methyl sites for hydroxylation is 3. The maximum atomic E-state index is 5.73. The highest BCUT2D eigenvalue weighted by atomic mass is 32.1. The zero-order chi connectivity index (χ0) is 24.0. The van der Waals surface area contributed by atoms with Gasteiger partial charge in [0.15, 0.2) is 5.11 Å². The molecule has 0 aliphatic carbocycles. The molecule has 0 heterocycles. The van der Waals surface area contributed by atoms with Crippen molar-refractivity contribution in [3.8, 4) is 0 Å². The summed E-state index contributed by atoms with van der Waals surface area (Å²) in [5.74, 6) is 0. The lowest BCUT2D eigenvalue weighted by atomic mass is 9.95. The SMILES string of the molecule is C=C/C=C\c1c(C)cccc1N(C(=C)c1cc(C)c(CC(=C)N(C)C)cc1C)C(=S)NC. The van der Waals surface area contributed by atoms with Crippen molar-refractivity contribution in [3.05, 3.63) is 101 Å². The van der Waals surface area contributed by atoms with E-state index < -0.39 is 0 Å². The predicted molar refractivity (Wildman–Crippen MR) is 146 cm³/mol. The normalized spacial score (nSPS) is 10.7. The molecule has 0 saturated carbocycles. The predicted octanol–water partition coefficient (Wildman–Crippen LogP) is 6.41. The zero-order valence-corrected chi connectivity index (χ0v) is 21.1. The van der Waals surface area contributed by atoms with E-state index in [-0.39, 0.29) is 0 Å². The highest BCUT2D eigenvalue weighted by Crippen LogP contribution is 2.33. The lowest BCUT2D eigenvalue weighted by Crippen LogP contribution is -2.37. The Balaban J connectivity index is 2.59. The number of anilines is 1. The van der Waals surface area contributed by atoms with Crippen molar-refractivity contribution >= 4 is 34.8 Å². The van der Waals surface area contributed by atoms with Gasteiger partial charge in [0, 0.05) is 50.1 Å². The van der Waals surface area contributed by atoms with Crippen molar-refractivity contribution in [2.24, 2.45) is 0 Å². The van der Waals surface area contributed by atoms with E-state index in [2.05, 4.69) is 81.1 Å². The summed E-state index contributed by atoms with van der Waals surface area (Å²) in [6.07, 6.45) is 6.60. The molecule has 0 atom stereocenters. The summed E-state index contributed by atoms with van der Waals surface area (Å²) in [6.45, 7) is 18.8. The summed E-state index contributed by atoms with van der Waals surface area (Å²) in [7, 11) is 5.89. The molecular formula is C28H35N3S. The van der Waals surface area contributed by atoms with Crippen LogP contribution in [0.3, 0.4) is 0 Å². The fraction of sp³-hybridized carbons (Fsp3) is 0.250. The van der Waals surface area contributed by atoms with Gasteiger partial charge in [0.1, 0.15) is 0 Å². The van der Waals surface area contributed by atoms with E-state index in [1.54, 1.807) is 6.08 Å². The monoisotopic (exact) mass is 445 g/mol. The Morgan fingerprint density at radius 2 is 1.75 bits per heavy atom. The minimum atomic E-state index is 0.593. The summed E-state index contributed by atoms with van der Waals surface area (Å²) in [6, 6.07) is 10.7. The smallest absolute Gasteiger partial charge is 0.177 e. The second-order valence-corrected chi connectivity index (χ2v) is 8.56. The van der Waals surface area contributed by atoms with Crippen LogP contribution in [0.15, 0.2) is 67.9 Å². The number of nitrogens with zero attached hydrogens (tertiary/aromatic N) is 2. The van der Waals surface area contributed by atoms with Gasteiger partial charge in [0.05, 0.1) is 5.69 Å². The van der Waals surface area contributed by atoms with E-state index in [1.807, 2.05) is 38.2 Å². The Morgan fingerprint density at radius 3 is 2.34 bits per heavy atom. The first-order valence-corrected chi connectivity index (χ1v) is 11.1. The number of benzene rings is 2. The Kier molecular flexibility index (Phi) is 8.62. The quantitative estimate of drug-likeness (QED) is 0.374. The number of likely N-dealkylation sites (N-methyl/N-ethyl adjacent to an activating group) is 1. The Labute approximate surface area is 199 Å². The lowest BCUT2D eigenvalue weighted by Gasteiger charge is -2.30. The van der Waals surface area contributed by atoms with Gasteiger partial charge < -0.3 is 10.2 Å². The van der Waals surface area contributed by atoms with Gasteiger partial charge in [-0.15, -0.1) is 0 Å². The molecule has 0 unspecified atom stereocenters. The van der Waals surface area contributed by atoms with Gasteiger partial charge in [-0.1, -0.05) is 56.2 Å². The fourth-order valence-electron chi connectivity index (χ4n) is 3.61. The molecule has 3 nitrogen and oxygen atoms in total. The van der Waals surface area contributed by atoms with Crippen LogP contribution in [-0.4, -0.2) is 31.2 Å². The first-order valence-electron chi connectivity index (χ1n) is 10.7. The minimum Gasteiger partial charge on any atom is -0.381 e. The third-order valence-electron chi connectivity index (χ3n) is 5.65. The second kappa shape index (κ2) is 11.0. The van der Waals surface area contributed by atoms with E-state index in [1.165, 1.54) is 11.1 Å². The van der Waals surface area contributed by atoms with E-state index in [4.69, 9.17) is 12.2 Å². The van der Waals surface area contributed by atoms with Crippen molar-refractivity contribution in [2.75, 3.05) is 26.0 Å². The number of hydrogen-bond donors (Lipinski definition) is 1. The van der Waals surface area contributed by atoms with E-state index in [9.17, 15) is 0 Å². The lowest BCUT2D eigenvalue weighted by molar-refractivity contribution is 0.501. The molecule has 1 N–H and O–H groups in total. The molecule has 0 radical (unpaired) electrons. The van der Waals surface area contributed by atoms with Crippen LogP contribution in [0.25, 0.3) is 11.8 Å².